The zero-order valence-corrected chi connectivity index (χ0v) is 19.1. The summed E-state index contributed by atoms with van der Waals surface area (Å²) in [5.41, 5.74) is 2.65. The van der Waals surface area contributed by atoms with Crippen LogP contribution in [0.2, 0.25) is 0 Å². The molecule has 0 radical (unpaired) electrons. The molecule has 0 spiro atoms. The highest BCUT2D eigenvalue weighted by Crippen LogP contribution is 2.42. The van der Waals surface area contributed by atoms with Crippen molar-refractivity contribution in [2.24, 2.45) is 0 Å². The monoisotopic (exact) mass is 456 g/mol. The fourth-order valence-corrected chi connectivity index (χ4v) is 6.93. The molecule has 0 fully saturated rings. The van der Waals surface area contributed by atoms with Gasteiger partial charge in [-0.15, -0.1) is 34.0 Å². The predicted octanol–water partition coefficient (Wildman–Crippen LogP) is 7.14. The Bertz CT molecular complexity index is 1510. The summed E-state index contributed by atoms with van der Waals surface area (Å²) in [4.78, 5) is 7.81. The summed E-state index contributed by atoms with van der Waals surface area (Å²) in [5, 5.41) is 20.6. The molecule has 31 heavy (non-hydrogen) atoms. The number of para-hydroxylation sites is 1. The molecule has 3 aromatic heterocycles. The molecule has 0 saturated heterocycles. The zero-order valence-electron chi connectivity index (χ0n) is 16.6. The first-order valence-corrected chi connectivity index (χ1v) is 12.1. The van der Waals surface area contributed by atoms with E-state index in [4.69, 9.17) is 5.26 Å². The maximum absolute atomic E-state index is 9.74. The van der Waals surface area contributed by atoms with Crippen molar-refractivity contribution in [3.05, 3.63) is 58.4 Å². The first-order chi connectivity index (χ1) is 15.2. The van der Waals surface area contributed by atoms with E-state index in [2.05, 4.69) is 46.3 Å². The van der Waals surface area contributed by atoms with E-state index in [0.29, 0.717) is 12.0 Å². The van der Waals surface area contributed by atoms with Crippen LogP contribution in [-0.4, -0.2) is 18.6 Å². The Hall–Kier alpha value is -3.23. The van der Waals surface area contributed by atoms with Gasteiger partial charge in [-0.3, -0.25) is 0 Å². The smallest absolute Gasteiger partial charge is 0.135 e. The first-order valence-electron chi connectivity index (χ1n) is 9.68. The maximum atomic E-state index is 9.74. The molecule has 0 amide bonds. The van der Waals surface area contributed by atoms with Crippen LogP contribution in [0.4, 0.5) is 5.69 Å². The van der Waals surface area contributed by atoms with Gasteiger partial charge in [0.1, 0.15) is 11.1 Å². The van der Waals surface area contributed by atoms with Gasteiger partial charge in [-0.25, -0.2) is 4.98 Å². The molecule has 4 nitrogen and oxygen atoms in total. The molecular formula is C24H16N4S3. The van der Waals surface area contributed by atoms with Crippen LogP contribution in [0.5, 0.6) is 0 Å². The Labute approximate surface area is 191 Å². The van der Waals surface area contributed by atoms with E-state index >= 15 is 0 Å². The van der Waals surface area contributed by atoms with Gasteiger partial charge >= 0.3 is 0 Å². The summed E-state index contributed by atoms with van der Waals surface area (Å²) in [6, 6.07) is 21.1. The summed E-state index contributed by atoms with van der Waals surface area (Å²) in [6.45, 7) is 0.722. The number of thiophene rings is 2. The minimum absolute atomic E-state index is 0.514. The molecule has 2 aromatic carbocycles. The van der Waals surface area contributed by atoms with Crippen LogP contribution in [0, 0.1) is 22.7 Å². The molecule has 0 aliphatic rings. The highest BCUT2D eigenvalue weighted by Gasteiger charge is 2.13. The number of benzene rings is 2. The van der Waals surface area contributed by atoms with E-state index in [1.54, 1.807) is 34.0 Å². The molecule has 7 heteroatoms. The minimum Gasteiger partial charge on any atom is -0.374 e. The maximum Gasteiger partial charge on any atom is 0.135 e. The van der Waals surface area contributed by atoms with E-state index in [0.717, 1.165) is 32.3 Å². The number of allylic oxidation sites excluding steroid dienone is 1. The van der Waals surface area contributed by atoms with Crippen LogP contribution in [0.15, 0.2) is 48.5 Å². The van der Waals surface area contributed by atoms with E-state index < -0.39 is 0 Å². The normalized spacial score (nSPS) is 11.8. The second kappa shape index (κ2) is 8.13. The number of fused-ring (bicyclic) bond motifs is 4. The van der Waals surface area contributed by atoms with Crippen molar-refractivity contribution in [2.45, 2.75) is 6.42 Å². The lowest BCUT2D eigenvalue weighted by Gasteiger charge is -2.17. The molecule has 0 saturated carbocycles. The standard InChI is InChI=1S/C24H16N4S3/c1-28(10-4-9-25)16-7-8-18-21(12-16)30-22-13-17(29-23(18)22)11-15(14-26)24-27-19-5-2-3-6-20(19)31-24/h2-3,5-8,11-13H,4,10H2,1H3/b15-11+. The summed E-state index contributed by atoms with van der Waals surface area (Å²) < 4.78 is 4.81. The number of hydrogen-bond donors (Lipinski definition) is 0. The molecular weight excluding hydrogens is 440 g/mol. The molecule has 0 unspecified atom stereocenters. The second-order valence-electron chi connectivity index (χ2n) is 7.11. The molecule has 150 valence electrons. The Morgan fingerprint density at radius 3 is 2.71 bits per heavy atom. The largest absolute Gasteiger partial charge is 0.374 e. The van der Waals surface area contributed by atoms with Crippen molar-refractivity contribution in [1.29, 1.82) is 10.5 Å². The number of aromatic nitrogens is 1. The fraction of sp³-hybridized carbons (Fsp3) is 0.125. The van der Waals surface area contributed by atoms with Gasteiger partial charge in [0.05, 0.1) is 33.0 Å². The molecule has 5 rings (SSSR count). The van der Waals surface area contributed by atoms with Crippen molar-refractivity contribution in [1.82, 2.24) is 4.98 Å². The zero-order chi connectivity index (χ0) is 21.4. The van der Waals surface area contributed by atoms with E-state index in [9.17, 15) is 5.26 Å². The molecule has 0 aliphatic heterocycles. The second-order valence-corrected chi connectivity index (χ2v) is 10.3. The van der Waals surface area contributed by atoms with Gasteiger partial charge in [0, 0.05) is 38.9 Å². The van der Waals surface area contributed by atoms with Gasteiger partial charge in [-0.05, 0) is 36.4 Å². The van der Waals surface area contributed by atoms with Crippen molar-refractivity contribution in [3.63, 3.8) is 0 Å². The van der Waals surface area contributed by atoms with Crippen molar-refractivity contribution >= 4 is 81.0 Å². The molecule has 0 atom stereocenters. The van der Waals surface area contributed by atoms with Crippen molar-refractivity contribution < 1.29 is 0 Å². The molecule has 0 aliphatic carbocycles. The van der Waals surface area contributed by atoms with Gasteiger partial charge in [0.2, 0.25) is 0 Å². The number of hydrogen-bond acceptors (Lipinski definition) is 7. The summed E-state index contributed by atoms with van der Waals surface area (Å²) in [7, 11) is 2.02. The third kappa shape index (κ3) is 3.68. The molecule has 5 aromatic rings. The molecule has 3 heterocycles. The lowest BCUT2D eigenvalue weighted by Crippen LogP contribution is -2.17. The summed E-state index contributed by atoms with van der Waals surface area (Å²) in [6.07, 6.45) is 2.46. The van der Waals surface area contributed by atoms with Crippen LogP contribution in [0.3, 0.4) is 0 Å². The third-order valence-electron chi connectivity index (χ3n) is 5.08. The summed E-state index contributed by atoms with van der Waals surface area (Å²) >= 11 is 5.03. The average Bonchev–Trinajstić information content (AvgIpc) is 3.47. The number of thiazole rings is 1. The fourth-order valence-electron chi connectivity index (χ4n) is 3.48. The Kier molecular flexibility index (Phi) is 5.17. The number of nitrogens with zero attached hydrogens (tertiary/aromatic N) is 4. The van der Waals surface area contributed by atoms with Gasteiger partial charge in [0.15, 0.2) is 0 Å². The van der Waals surface area contributed by atoms with Gasteiger partial charge in [-0.2, -0.15) is 10.5 Å². The quantitative estimate of drug-likeness (QED) is 0.264. The SMILES string of the molecule is CN(CCC#N)c1ccc2c(c1)sc1cc(/C=C(\C#N)c3nc4ccccc4s3)sc12. The lowest BCUT2D eigenvalue weighted by atomic mass is 10.2. The number of nitriles is 2. The van der Waals surface area contributed by atoms with Gasteiger partial charge in [0.25, 0.3) is 0 Å². The first kappa shape index (κ1) is 19.7. The predicted molar refractivity (Wildman–Crippen MR) is 134 cm³/mol. The minimum atomic E-state index is 0.514. The van der Waals surface area contributed by atoms with Crippen molar-refractivity contribution in [3.8, 4) is 12.1 Å². The lowest BCUT2D eigenvalue weighted by molar-refractivity contribution is 0.906. The van der Waals surface area contributed by atoms with Crippen LogP contribution in [0.25, 0.3) is 41.4 Å². The Morgan fingerprint density at radius 2 is 1.90 bits per heavy atom. The van der Waals surface area contributed by atoms with Crippen molar-refractivity contribution in [2.75, 3.05) is 18.5 Å². The summed E-state index contributed by atoms with van der Waals surface area (Å²) in [5.74, 6) is 0. The highest BCUT2D eigenvalue weighted by molar-refractivity contribution is 7.33. The van der Waals surface area contributed by atoms with Crippen LogP contribution in [0.1, 0.15) is 16.3 Å². The molecule has 0 bridgehead atoms. The van der Waals surface area contributed by atoms with Gasteiger partial charge < -0.3 is 4.90 Å². The number of rotatable bonds is 5. The average molecular weight is 457 g/mol. The highest BCUT2D eigenvalue weighted by atomic mass is 32.1. The van der Waals surface area contributed by atoms with Crippen LogP contribution in [-0.2, 0) is 0 Å². The topological polar surface area (TPSA) is 63.7 Å². The van der Waals surface area contributed by atoms with E-state index in [1.165, 1.54) is 19.5 Å². The third-order valence-corrected chi connectivity index (χ3v) is 8.49. The van der Waals surface area contributed by atoms with E-state index in [-0.39, 0.29) is 0 Å². The van der Waals surface area contributed by atoms with Gasteiger partial charge in [-0.1, -0.05) is 18.2 Å². The van der Waals surface area contributed by atoms with E-state index in [1.807, 2.05) is 37.4 Å². The number of anilines is 1. The Morgan fingerprint density at radius 1 is 1.03 bits per heavy atom. The van der Waals surface area contributed by atoms with Crippen LogP contribution < -0.4 is 4.90 Å². The molecule has 0 N–H and O–H groups in total. The van der Waals surface area contributed by atoms with Crippen LogP contribution >= 0.6 is 34.0 Å². The Balaban J connectivity index is 1.50.